The topological polar surface area (TPSA) is 75.6 Å². The fourth-order valence-corrected chi connectivity index (χ4v) is 2.26. The van der Waals surface area contributed by atoms with Crippen molar-refractivity contribution in [1.82, 2.24) is 5.32 Å². The number of hydrogen-bond acceptors (Lipinski definition) is 3. The van der Waals surface area contributed by atoms with Crippen molar-refractivity contribution < 1.29 is 19.4 Å². The number of carbonyl (C=O) groups excluding carboxylic acids is 1. The molecule has 2 atom stereocenters. The van der Waals surface area contributed by atoms with Crippen LogP contribution in [0.3, 0.4) is 0 Å². The van der Waals surface area contributed by atoms with Crippen LogP contribution >= 0.6 is 15.9 Å². The first-order valence-corrected chi connectivity index (χ1v) is 7.07. The van der Waals surface area contributed by atoms with Gasteiger partial charge in [0.2, 0.25) is 0 Å². The average Bonchev–Trinajstić information content (AvgIpc) is 2.43. The maximum atomic E-state index is 12.1. The first kappa shape index (κ1) is 16.5. The number of carboxylic acid groups (broad SMARTS) is 1. The normalized spacial score (nSPS) is 13.4. The van der Waals surface area contributed by atoms with E-state index in [0.29, 0.717) is 22.2 Å². The molecule has 1 aromatic carbocycles. The summed E-state index contributed by atoms with van der Waals surface area (Å²) in [5.74, 6) is -0.974. The summed E-state index contributed by atoms with van der Waals surface area (Å²) in [7, 11) is 1.53. The van der Waals surface area contributed by atoms with E-state index in [0.717, 1.165) is 0 Å². The molecule has 0 radical (unpaired) electrons. The number of ether oxygens (including phenoxy) is 1. The number of halogens is 1. The Hall–Kier alpha value is -1.56. The van der Waals surface area contributed by atoms with Gasteiger partial charge in [0.25, 0.3) is 5.91 Å². The number of rotatable bonds is 6. The van der Waals surface area contributed by atoms with Gasteiger partial charge >= 0.3 is 5.97 Å². The summed E-state index contributed by atoms with van der Waals surface area (Å²) in [5.41, 5.74) is 0.382. The molecule has 2 N–H and O–H groups in total. The number of amides is 1. The van der Waals surface area contributed by atoms with Crippen LogP contribution in [0.5, 0.6) is 5.75 Å². The van der Waals surface area contributed by atoms with E-state index in [4.69, 9.17) is 9.84 Å². The molecule has 20 heavy (non-hydrogen) atoms. The Morgan fingerprint density at radius 3 is 2.55 bits per heavy atom. The number of methoxy groups -OCH3 is 1. The molecule has 0 aliphatic carbocycles. The van der Waals surface area contributed by atoms with Crippen LogP contribution in [0.25, 0.3) is 0 Å². The van der Waals surface area contributed by atoms with E-state index >= 15 is 0 Å². The van der Waals surface area contributed by atoms with Gasteiger partial charge in [-0.05, 0) is 40.0 Å². The number of benzene rings is 1. The lowest BCUT2D eigenvalue weighted by Crippen LogP contribution is -2.45. The molecular weight excluding hydrogens is 326 g/mol. The van der Waals surface area contributed by atoms with Gasteiger partial charge in [0.1, 0.15) is 11.8 Å². The Morgan fingerprint density at radius 1 is 1.45 bits per heavy atom. The van der Waals surface area contributed by atoms with Crippen molar-refractivity contribution in [2.45, 2.75) is 26.3 Å². The van der Waals surface area contributed by atoms with Gasteiger partial charge in [-0.1, -0.05) is 20.3 Å². The Labute approximate surface area is 126 Å². The highest BCUT2D eigenvalue weighted by Gasteiger charge is 2.25. The fourth-order valence-electron chi connectivity index (χ4n) is 1.72. The summed E-state index contributed by atoms with van der Waals surface area (Å²) in [6.45, 7) is 3.68. The highest BCUT2D eigenvalue weighted by Crippen LogP contribution is 2.25. The standard InChI is InChI=1S/C14H18BrNO4/c1-4-8(2)12(14(18)19)16-13(17)9-5-6-11(20-3)10(15)7-9/h5-8,12H,4H2,1-3H3,(H,16,17)(H,18,19)/t8-,12-/m0/s1. The van der Waals surface area contributed by atoms with Crippen LogP contribution < -0.4 is 10.1 Å². The summed E-state index contributed by atoms with van der Waals surface area (Å²) in [6.07, 6.45) is 0.670. The first-order valence-electron chi connectivity index (χ1n) is 6.27. The molecule has 0 spiro atoms. The molecule has 0 saturated heterocycles. The maximum absolute atomic E-state index is 12.1. The Bertz CT molecular complexity index is 504. The molecule has 0 aromatic heterocycles. The zero-order valence-electron chi connectivity index (χ0n) is 11.6. The van der Waals surface area contributed by atoms with Crippen LogP contribution in [-0.2, 0) is 4.79 Å². The van der Waals surface area contributed by atoms with Crippen LogP contribution in [0.2, 0.25) is 0 Å². The van der Waals surface area contributed by atoms with E-state index in [2.05, 4.69) is 21.2 Å². The quantitative estimate of drug-likeness (QED) is 0.832. The van der Waals surface area contributed by atoms with Crippen LogP contribution in [-0.4, -0.2) is 30.1 Å². The van der Waals surface area contributed by atoms with E-state index < -0.39 is 17.9 Å². The molecular formula is C14H18BrNO4. The molecule has 1 amide bonds. The first-order chi connectivity index (χ1) is 9.40. The Balaban J connectivity index is 2.89. The minimum absolute atomic E-state index is 0.141. The molecule has 0 fully saturated rings. The van der Waals surface area contributed by atoms with E-state index in [1.54, 1.807) is 25.1 Å². The monoisotopic (exact) mass is 343 g/mol. The average molecular weight is 344 g/mol. The molecule has 5 nitrogen and oxygen atoms in total. The second-order valence-corrected chi connectivity index (χ2v) is 5.38. The molecule has 0 saturated carbocycles. The van der Waals surface area contributed by atoms with Crippen molar-refractivity contribution in [2.24, 2.45) is 5.92 Å². The number of aliphatic carboxylic acids is 1. The molecule has 6 heteroatoms. The molecule has 0 bridgehead atoms. The van der Waals surface area contributed by atoms with Crippen LogP contribution in [0.1, 0.15) is 30.6 Å². The maximum Gasteiger partial charge on any atom is 0.326 e. The molecule has 0 unspecified atom stereocenters. The predicted molar refractivity (Wildman–Crippen MR) is 79.0 cm³/mol. The van der Waals surface area contributed by atoms with Crippen LogP contribution in [0.15, 0.2) is 22.7 Å². The van der Waals surface area contributed by atoms with E-state index in [9.17, 15) is 9.59 Å². The summed E-state index contributed by atoms with van der Waals surface area (Å²) < 4.78 is 5.72. The largest absolute Gasteiger partial charge is 0.496 e. The Kier molecular flexibility index (Phi) is 6.01. The van der Waals surface area contributed by atoms with E-state index in [1.807, 2.05) is 6.92 Å². The van der Waals surface area contributed by atoms with Gasteiger partial charge in [-0.3, -0.25) is 4.79 Å². The minimum Gasteiger partial charge on any atom is -0.496 e. The van der Waals surface area contributed by atoms with Crippen molar-refractivity contribution in [3.05, 3.63) is 28.2 Å². The van der Waals surface area contributed by atoms with Gasteiger partial charge < -0.3 is 15.2 Å². The number of carbonyl (C=O) groups is 2. The van der Waals surface area contributed by atoms with Crippen molar-refractivity contribution >= 4 is 27.8 Å². The fraction of sp³-hybridized carbons (Fsp3) is 0.429. The van der Waals surface area contributed by atoms with Gasteiger partial charge in [0.15, 0.2) is 0 Å². The third kappa shape index (κ3) is 3.96. The molecule has 1 aromatic rings. The summed E-state index contributed by atoms with van der Waals surface area (Å²) in [6, 6.07) is 3.95. The smallest absolute Gasteiger partial charge is 0.326 e. The van der Waals surface area contributed by atoms with Gasteiger partial charge in [-0.25, -0.2) is 4.79 Å². The van der Waals surface area contributed by atoms with E-state index in [-0.39, 0.29) is 5.92 Å². The second-order valence-electron chi connectivity index (χ2n) is 4.52. The molecule has 0 aliphatic rings. The van der Waals surface area contributed by atoms with Crippen LogP contribution in [0, 0.1) is 5.92 Å². The lowest BCUT2D eigenvalue weighted by atomic mass is 9.99. The zero-order chi connectivity index (χ0) is 15.3. The minimum atomic E-state index is -1.03. The van der Waals surface area contributed by atoms with Crippen molar-refractivity contribution in [3.63, 3.8) is 0 Å². The van der Waals surface area contributed by atoms with Gasteiger partial charge in [0.05, 0.1) is 11.6 Å². The predicted octanol–water partition coefficient (Wildman–Crippen LogP) is 2.69. The summed E-state index contributed by atoms with van der Waals surface area (Å²) >= 11 is 3.29. The zero-order valence-corrected chi connectivity index (χ0v) is 13.2. The molecule has 110 valence electrons. The summed E-state index contributed by atoms with van der Waals surface area (Å²) in [4.78, 5) is 23.3. The van der Waals surface area contributed by atoms with Gasteiger partial charge in [-0.2, -0.15) is 0 Å². The highest BCUT2D eigenvalue weighted by molar-refractivity contribution is 9.10. The molecule has 1 rings (SSSR count). The number of nitrogens with one attached hydrogen (secondary N) is 1. The SMILES string of the molecule is CC[C@H](C)[C@H](NC(=O)c1ccc(OC)c(Br)c1)C(=O)O. The summed E-state index contributed by atoms with van der Waals surface area (Å²) in [5, 5.41) is 11.7. The van der Waals surface area contributed by atoms with Crippen LogP contribution in [0.4, 0.5) is 0 Å². The van der Waals surface area contributed by atoms with Gasteiger partial charge in [-0.15, -0.1) is 0 Å². The number of hydrogen-bond donors (Lipinski definition) is 2. The van der Waals surface area contributed by atoms with Gasteiger partial charge in [0, 0.05) is 5.56 Å². The van der Waals surface area contributed by atoms with E-state index in [1.165, 1.54) is 7.11 Å². The molecule has 0 heterocycles. The van der Waals surface area contributed by atoms with Crippen molar-refractivity contribution in [3.8, 4) is 5.75 Å². The number of carboxylic acids is 1. The second kappa shape index (κ2) is 7.28. The van der Waals surface area contributed by atoms with Crippen molar-refractivity contribution in [2.75, 3.05) is 7.11 Å². The van der Waals surface area contributed by atoms with Crippen molar-refractivity contribution in [1.29, 1.82) is 0 Å². The third-order valence-corrected chi connectivity index (χ3v) is 3.80. The lowest BCUT2D eigenvalue weighted by Gasteiger charge is -2.20. The lowest BCUT2D eigenvalue weighted by molar-refractivity contribution is -0.140. The molecule has 0 aliphatic heterocycles. The Morgan fingerprint density at radius 2 is 2.10 bits per heavy atom. The third-order valence-electron chi connectivity index (χ3n) is 3.18. The highest BCUT2D eigenvalue weighted by atomic mass is 79.9.